The monoisotopic (exact) mass is 317 g/mol. The largest absolute Gasteiger partial charge is 0.381 e. The summed E-state index contributed by atoms with van der Waals surface area (Å²) in [4.78, 5) is 24.0. The van der Waals surface area contributed by atoms with E-state index in [-0.39, 0.29) is 5.41 Å². The third kappa shape index (κ3) is 5.79. The molecule has 0 unspecified atom stereocenters. The first-order valence-electron chi connectivity index (χ1n) is 8.39. The highest BCUT2D eigenvalue weighted by Crippen LogP contribution is 2.28. The lowest BCUT2D eigenvalue weighted by atomic mass is 9.86. The molecule has 0 saturated heterocycles. The first-order valence-corrected chi connectivity index (χ1v) is 8.39. The number of hydrogen-bond acceptors (Lipinski definition) is 3. The number of ketones is 1. The topological polar surface area (TPSA) is 55.4 Å². The Morgan fingerprint density at radius 1 is 1.17 bits per heavy atom. The molecule has 0 aromatic heterocycles. The summed E-state index contributed by atoms with van der Waals surface area (Å²) in [5.41, 5.74) is 1.60. The molecule has 23 heavy (non-hydrogen) atoms. The third-order valence-electron chi connectivity index (χ3n) is 4.02. The van der Waals surface area contributed by atoms with Crippen LogP contribution in [0.15, 0.2) is 24.3 Å². The molecular weight excluding hydrogens is 290 g/mol. The van der Waals surface area contributed by atoms with Crippen LogP contribution in [0.2, 0.25) is 0 Å². The molecule has 0 atom stereocenters. The molecule has 1 amide bonds. The first kappa shape index (κ1) is 17.7. The van der Waals surface area contributed by atoms with Gasteiger partial charge in [0.25, 0.3) is 5.91 Å². The molecule has 2 rings (SSSR count). The highest BCUT2D eigenvalue weighted by molar-refractivity contribution is 6.42. The maximum atomic E-state index is 12.1. The maximum absolute atomic E-state index is 12.1. The fourth-order valence-corrected chi connectivity index (χ4v) is 2.24. The summed E-state index contributed by atoms with van der Waals surface area (Å²) in [6.45, 7) is 8.26. The van der Waals surface area contributed by atoms with E-state index in [1.54, 1.807) is 12.1 Å². The van der Waals surface area contributed by atoms with E-state index in [4.69, 9.17) is 4.74 Å². The van der Waals surface area contributed by atoms with Gasteiger partial charge in [-0.2, -0.15) is 0 Å². The van der Waals surface area contributed by atoms with Gasteiger partial charge in [-0.05, 0) is 36.2 Å². The van der Waals surface area contributed by atoms with Crippen LogP contribution < -0.4 is 5.32 Å². The van der Waals surface area contributed by atoms with Gasteiger partial charge in [0.15, 0.2) is 0 Å². The second-order valence-corrected chi connectivity index (χ2v) is 7.28. The Kier molecular flexibility index (Phi) is 5.94. The van der Waals surface area contributed by atoms with E-state index in [0.717, 1.165) is 24.5 Å². The number of carbonyl (C=O) groups excluding carboxylic acids is 2. The van der Waals surface area contributed by atoms with E-state index in [1.165, 1.54) is 12.8 Å². The Hall–Kier alpha value is -1.68. The molecule has 1 aliphatic carbocycles. The zero-order chi connectivity index (χ0) is 16.9. The Morgan fingerprint density at radius 2 is 1.83 bits per heavy atom. The smallest absolute Gasteiger partial charge is 0.292 e. The summed E-state index contributed by atoms with van der Waals surface area (Å²) >= 11 is 0. The van der Waals surface area contributed by atoms with Gasteiger partial charge in [0.2, 0.25) is 5.78 Å². The van der Waals surface area contributed by atoms with Crippen LogP contribution in [0.25, 0.3) is 0 Å². The Labute approximate surface area is 138 Å². The standard InChI is InChI=1S/C19H27NO3/c1-19(2,3)16-9-7-15(8-10-16)17(21)18(22)20-11-4-12-23-13-14-5-6-14/h7-10,14H,4-6,11-13H2,1-3H3,(H,20,22). The normalized spacial score (nSPS) is 14.6. The van der Waals surface area contributed by atoms with Crippen molar-refractivity contribution in [2.75, 3.05) is 19.8 Å². The van der Waals surface area contributed by atoms with Crippen molar-refractivity contribution < 1.29 is 14.3 Å². The summed E-state index contributed by atoms with van der Waals surface area (Å²) in [6, 6.07) is 7.26. The number of amides is 1. The molecule has 1 fully saturated rings. The van der Waals surface area contributed by atoms with Crippen molar-refractivity contribution in [3.63, 3.8) is 0 Å². The average molecular weight is 317 g/mol. The fourth-order valence-electron chi connectivity index (χ4n) is 2.24. The number of ether oxygens (including phenoxy) is 1. The van der Waals surface area contributed by atoms with Crippen LogP contribution in [0.4, 0.5) is 0 Å². The van der Waals surface area contributed by atoms with Crippen LogP contribution in [0.5, 0.6) is 0 Å². The minimum absolute atomic E-state index is 0.0320. The van der Waals surface area contributed by atoms with Crippen molar-refractivity contribution in [2.45, 2.75) is 45.4 Å². The fraction of sp³-hybridized carbons (Fsp3) is 0.579. The minimum Gasteiger partial charge on any atom is -0.381 e. The second kappa shape index (κ2) is 7.73. The quantitative estimate of drug-likeness (QED) is 0.455. The molecule has 0 aliphatic heterocycles. The van der Waals surface area contributed by atoms with Crippen LogP contribution in [-0.2, 0) is 14.9 Å². The molecular formula is C19H27NO3. The first-order chi connectivity index (χ1) is 10.9. The molecule has 1 N–H and O–H groups in total. The van der Waals surface area contributed by atoms with Gasteiger partial charge in [0.05, 0.1) is 0 Å². The van der Waals surface area contributed by atoms with E-state index < -0.39 is 11.7 Å². The summed E-state index contributed by atoms with van der Waals surface area (Å²) < 4.78 is 5.49. The predicted octanol–water partition coefficient (Wildman–Crippen LogP) is 3.10. The summed E-state index contributed by atoms with van der Waals surface area (Å²) in [6.07, 6.45) is 3.28. The maximum Gasteiger partial charge on any atom is 0.292 e. The van der Waals surface area contributed by atoms with Gasteiger partial charge in [0.1, 0.15) is 0 Å². The van der Waals surface area contributed by atoms with Crippen molar-refractivity contribution >= 4 is 11.7 Å². The van der Waals surface area contributed by atoms with Crippen LogP contribution in [0.3, 0.4) is 0 Å². The van der Waals surface area contributed by atoms with Gasteiger partial charge in [0, 0.05) is 25.3 Å². The second-order valence-electron chi connectivity index (χ2n) is 7.28. The van der Waals surface area contributed by atoms with Crippen molar-refractivity contribution in [1.82, 2.24) is 5.32 Å². The summed E-state index contributed by atoms with van der Waals surface area (Å²) in [5.74, 6) is -0.276. The lowest BCUT2D eigenvalue weighted by Crippen LogP contribution is -2.32. The molecule has 0 bridgehead atoms. The number of carbonyl (C=O) groups is 2. The number of Topliss-reactive ketones (excluding diaryl/α,β-unsaturated/α-hetero) is 1. The number of nitrogens with one attached hydrogen (secondary N) is 1. The van der Waals surface area contributed by atoms with E-state index in [1.807, 2.05) is 12.1 Å². The van der Waals surface area contributed by atoms with E-state index in [9.17, 15) is 9.59 Å². The van der Waals surface area contributed by atoms with Crippen molar-refractivity contribution in [2.24, 2.45) is 5.92 Å². The summed E-state index contributed by atoms with van der Waals surface area (Å²) in [7, 11) is 0. The van der Waals surface area contributed by atoms with Crippen LogP contribution in [0.1, 0.15) is 56.0 Å². The van der Waals surface area contributed by atoms with Crippen molar-refractivity contribution in [1.29, 1.82) is 0 Å². The molecule has 0 spiro atoms. The lowest BCUT2D eigenvalue weighted by Gasteiger charge is -2.18. The molecule has 1 aromatic carbocycles. The molecule has 1 aromatic rings. The van der Waals surface area contributed by atoms with Crippen molar-refractivity contribution in [3.05, 3.63) is 35.4 Å². The lowest BCUT2D eigenvalue weighted by molar-refractivity contribution is -0.117. The molecule has 126 valence electrons. The van der Waals surface area contributed by atoms with Crippen molar-refractivity contribution in [3.8, 4) is 0 Å². The van der Waals surface area contributed by atoms with Gasteiger partial charge in [-0.25, -0.2) is 0 Å². The van der Waals surface area contributed by atoms with Crippen LogP contribution in [-0.4, -0.2) is 31.4 Å². The van der Waals surface area contributed by atoms with Gasteiger partial charge in [-0.15, -0.1) is 0 Å². The SMILES string of the molecule is CC(C)(C)c1ccc(C(=O)C(=O)NCCCOCC2CC2)cc1. The van der Waals surface area contributed by atoms with Gasteiger partial charge >= 0.3 is 0 Å². The Bertz CT molecular complexity index is 539. The zero-order valence-electron chi connectivity index (χ0n) is 14.4. The molecule has 4 nitrogen and oxygen atoms in total. The molecule has 0 heterocycles. The number of rotatable bonds is 8. The predicted molar refractivity (Wildman–Crippen MR) is 90.6 cm³/mol. The molecule has 0 radical (unpaired) electrons. The number of hydrogen-bond donors (Lipinski definition) is 1. The molecule has 4 heteroatoms. The third-order valence-corrected chi connectivity index (χ3v) is 4.02. The highest BCUT2D eigenvalue weighted by atomic mass is 16.5. The van der Waals surface area contributed by atoms with E-state index >= 15 is 0 Å². The van der Waals surface area contributed by atoms with Gasteiger partial charge < -0.3 is 10.1 Å². The highest BCUT2D eigenvalue weighted by Gasteiger charge is 2.21. The Balaban J connectivity index is 1.71. The average Bonchev–Trinajstić information content (AvgIpc) is 3.33. The van der Waals surface area contributed by atoms with Crippen LogP contribution >= 0.6 is 0 Å². The van der Waals surface area contributed by atoms with Gasteiger partial charge in [-0.1, -0.05) is 45.0 Å². The Morgan fingerprint density at radius 3 is 2.39 bits per heavy atom. The number of benzene rings is 1. The molecule has 1 saturated carbocycles. The van der Waals surface area contributed by atoms with E-state index in [0.29, 0.717) is 18.7 Å². The minimum atomic E-state index is -0.546. The van der Waals surface area contributed by atoms with E-state index in [2.05, 4.69) is 26.1 Å². The summed E-state index contributed by atoms with van der Waals surface area (Å²) in [5, 5.41) is 2.66. The molecule has 1 aliphatic rings. The zero-order valence-corrected chi connectivity index (χ0v) is 14.4. The van der Waals surface area contributed by atoms with Gasteiger partial charge in [-0.3, -0.25) is 9.59 Å². The van der Waals surface area contributed by atoms with Crippen LogP contribution in [0, 0.1) is 5.92 Å².